The maximum Gasteiger partial charge on any atom is 0.345 e. The molecule has 4 rings (SSSR count). The topological polar surface area (TPSA) is 133 Å². The minimum atomic E-state index is -1.69. The summed E-state index contributed by atoms with van der Waals surface area (Å²) in [5.74, 6) is -2.52. The van der Waals surface area contributed by atoms with Crippen LogP contribution in [-0.4, -0.2) is 55.0 Å². The molecule has 1 amide bonds. The summed E-state index contributed by atoms with van der Waals surface area (Å²) in [6.45, 7) is 1.14. The van der Waals surface area contributed by atoms with E-state index in [1.807, 2.05) is 18.2 Å². The van der Waals surface area contributed by atoms with Crippen molar-refractivity contribution in [1.29, 1.82) is 0 Å². The smallest absolute Gasteiger partial charge is 0.345 e. The minimum Gasteiger partial charge on any atom is -0.506 e. The number of carboxylic acids is 1. The van der Waals surface area contributed by atoms with Crippen LogP contribution in [-0.2, 0) is 6.42 Å². The number of carbonyl (C=O) groups is 2. The van der Waals surface area contributed by atoms with Crippen molar-refractivity contribution in [2.75, 3.05) is 13.1 Å². The number of amides is 1. The normalized spacial score (nSPS) is 16.1. The number of benzene rings is 1. The number of hydrogen-bond donors (Lipinski definition) is 3. The molecule has 0 saturated carbocycles. The third-order valence-corrected chi connectivity index (χ3v) is 5.37. The van der Waals surface area contributed by atoms with E-state index in [-0.39, 0.29) is 27.2 Å². The number of carboxylic acid groups (broad SMARTS) is 1. The first-order valence-corrected chi connectivity index (χ1v) is 9.40. The van der Waals surface area contributed by atoms with Crippen molar-refractivity contribution in [3.8, 4) is 5.75 Å². The molecular formula is C21H19N3O6. The predicted octanol–water partition coefficient (Wildman–Crippen LogP) is 1.74. The monoisotopic (exact) mass is 409 g/mol. The molecule has 1 atom stereocenters. The van der Waals surface area contributed by atoms with Crippen molar-refractivity contribution in [3.63, 3.8) is 0 Å². The van der Waals surface area contributed by atoms with Gasteiger partial charge in [-0.05, 0) is 30.4 Å². The Kier molecular flexibility index (Phi) is 4.86. The van der Waals surface area contributed by atoms with Gasteiger partial charge in [0.15, 0.2) is 11.2 Å². The molecule has 0 radical (unpaired) electrons. The Morgan fingerprint density at radius 3 is 2.63 bits per heavy atom. The molecule has 1 aliphatic heterocycles. The zero-order chi connectivity index (χ0) is 21.4. The molecule has 0 aliphatic carbocycles. The molecule has 0 spiro atoms. The molecule has 3 heterocycles. The molecule has 1 unspecified atom stereocenters. The molecule has 1 aromatic carbocycles. The number of fused-ring (bicyclic) bond motifs is 1. The summed E-state index contributed by atoms with van der Waals surface area (Å²) >= 11 is 0. The van der Waals surface area contributed by atoms with Crippen molar-refractivity contribution in [2.45, 2.75) is 12.8 Å². The zero-order valence-electron chi connectivity index (χ0n) is 15.9. The molecule has 2 aromatic heterocycles. The van der Waals surface area contributed by atoms with Gasteiger partial charge < -0.3 is 20.3 Å². The van der Waals surface area contributed by atoms with Crippen LogP contribution in [0.15, 0.2) is 47.4 Å². The Morgan fingerprint density at radius 2 is 1.93 bits per heavy atom. The molecule has 1 aliphatic rings. The van der Waals surface area contributed by atoms with Crippen molar-refractivity contribution in [3.05, 3.63) is 69.6 Å². The molecule has 3 aromatic rings. The Balaban J connectivity index is 1.61. The van der Waals surface area contributed by atoms with Gasteiger partial charge in [0.1, 0.15) is 5.75 Å². The zero-order valence-corrected chi connectivity index (χ0v) is 15.9. The van der Waals surface area contributed by atoms with Crippen LogP contribution in [0.4, 0.5) is 0 Å². The highest BCUT2D eigenvalue weighted by molar-refractivity contribution is 6.01. The van der Waals surface area contributed by atoms with Gasteiger partial charge in [0.05, 0.1) is 10.9 Å². The number of nitrogens with zero attached hydrogens (tertiary/aromatic N) is 3. The number of likely N-dealkylation sites (tertiary alicyclic amines) is 1. The first-order valence-electron chi connectivity index (χ1n) is 9.40. The molecule has 154 valence electrons. The first-order chi connectivity index (χ1) is 14.4. The fraction of sp³-hybridized carbons (Fsp3) is 0.238. The van der Waals surface area contributed by atoms with Crippen LogP contribution in [0.2, 0.25) is 0 Å². The molecular weight excluding hydrogens is 390 g/mol. The number of aromatic nitrogens is 2. The maximum absolute atomic E-state index is 12.9. The summed E-state index contributed by atoms with van der Waals surface area (Å²) in [4.78, 5) is 41.7. The maximum atomic E-state index is 12.9. The van der Waals surface area contributed by atoms with E-state index in [2.05, 4.69) is 17.1 Å². The third kappa shape index (κ3) is 3.34. The van der Waals surface area contributed by atoms with E-state index in [4.69, 9.17) is 5.11 Å². The lowest BCUT2D eigenvalue weighted by Gasteiger charge is -2.17. The number of hydrogen-bond acceptors (Lipinski definition) is 6. The fourth-order valence-corrected chi connectivity index (χ4v) is 3.86. The third-order valence-electron chi connectivity index (χ3n) is 5.37. The van der Waals surface area contributed by atoms with Crippen LogP contribution in [0.5, 0.6) is 5.75 Å². The van der Waals surface area contributed by atoms with Crippen LogP contribution in [0.3, 0.4) is 0 Å². The van der Waals surface area contributed by atoms with E-state index in [0.29, 0.717) is 19.0 Å². The summed E-state index contributed by atoms with van der Waals surface area (Å²) < 4.78 is 0.0541. The first kappa shape index (κ1) is 19.4. The Hall–Kier alpha value is -3.88. The SMILES string of the molecule is O=C(O)c1c(O)c2cc(C(=O)N3CCC(Cc4ccccc4)C3)cnc2n(O)c1=O. The Bertz CT molecular complexity index is 1200. The van der Waals surface area contributed by atoms with Gasteiger partial charge in [-0.1, -0.05) is 30.3 Å². The number of rotatable bonds is 4. The lowest BCUT2D eigenvalue weighted by molar-refractivity contribution is 0.0685. The van der Waals surface area contributed by atoms with E-state index in [1.54, 1.807) is 4.90 Å². The highest BCUT2D eigenvalue weighted by Gasteiger charge is 2.28. The Morgan fingerprint density at radius 1 is 1.20 bits per heavy atom. The summed E-state index contributed by atoms with van der Waals surface area (Å²) in [7, 11) is 0. The number of carbonyl (C=O) groups excluding carboxylic acids is 1. The van der Waals surface area contributed by atoms with E-state index < -0.39 is 22.8 Å². The second kappa shape index (κ2) is 7.51. The fourth-order valence-electron chi connectivity index (χ4n) is 3.86. The van der Waals surface area contributed by atoms with Crippen molar-refractivity contribution < 1.29 is 25.0 Å². The molecule has 9 nitrogen and oxygen atoms in total. The highest BCUT2D eigenvalue weighted by atomic mass is 16.5. The molecule has 1 saturated heterocycles. The lowest BCUT2D eigenvalue weighted by Crippen LogP contribution is -2.29. The number of pyridine rings is 2. The second-order valence-corrected chi connectivity index (χ2v) is 7.34. The largest absolute Gasteiger partial charge is 0.506 e. The van der Waals surface area contributed by atoms with Crippen LogP contribution >= 0.6 is 0 Å². The van der Waals surface area contributed by atoms with Crippen LogP contribution < -0.4 is 5.56 Å². The van der Waals surface area contributed by atoms with Crippen molar-refractivity contribution in [1.82, 2.24) is 14.6 Å². The van der Waals surface area contributed by atoms with Crippen molar-refractivity contribution >= 4 is 22.9 Å². The lowest BCUT2D eigenvalue weighted by atomic mass is 9.99. The van der Waals surface area contributed by atoms with Gasteiger partial charge in [-0.15, -0.1) is 4.73 Å². The molecule has 30 heavy (non-hydrogen) atoms. The quantitative estimate of drug-likeness (QED) is 0.559. The summed E-state index contributed by atoms with van der Waals surface area (Å²) in [5.41, 5.74) is -1.28. The van der Waals surface area contributed by atoms with Gasteiger partial charge in [-0.3, -0.25) is 9.59 Å². The Labute approximate surface area is 170 Å². The van der Waals surface area contributed by atoms with Gasteiger partial charge in [-0.2, -0.15) is 0 Å². The van der Waals surface area contributed by atoms with E-state index in [9.17, 15) is 24.7 Å². The highest BCUT2D eigenvalue weighted by Crippen LogP contribution is 2.27. The number of aromatic hydroxyl groups is 1. The van der Waals surface area contributed by atoms with E-state index in [0.717, 1.165) is 12.8 Å². The van der Waals surface area contributed by atoms with E-state index in [1.165, 1.54) is 17.8 Å². The van der Waals surface area contributed by atoms with Gasteiger partial charge in [0.2, 0.25) is 0 Å². The van der Waals surface area contributed by atoms with Crippen LogP contribution in [0.25, 0.3) is 11.0 Å². The van der Waals surface area contributed by atoms with E-state index >= 15 is 0 Å². The standard InChI is InChI=1S/C21H19N3O6/c25-17-15-9-14(10-22-18(15)24(30)20(27)16(17)21(28)29)19(26)23-7-6-13(11-23)8-12-4-2-1-3-5-12/h1-5,9-10,13,25,30H,6-8,11H2,(H,28,29). The summed E-state index contributed by atoms with van der Waals surface area (Å²) in [6.07, 6.45) is 2.91. The average Bonchev–Trinajstić information content (AvgIpc) is 3.20. The van der Waals surface area contributed by atoms with Gasteiger partial charge >= 0.3 is 11.5 Å². The summed E-state index contributed by atoms with van der Waals surface area (Å²) in [5, 5.41) is 29.1. The van der Waals surface area contributed by atoms with Crippen molar-refractivity contribution in [2.24, 2.45) is 5.92 Å². The minimum absolute atomic E-state index is 0.0541. The van der Waals surface area contributed by atoms with Crippen LogP contribution in [0.1, 0.15) is 32.7 Å². The molecule has 0 bridgehead atoms. The molecule has 1 fully saturated rings. The molecule has 9 heteroatoms. The van der Waals surface area contributed by atoms with Gasteiger partial charge in [-0.25, -0.2) is 9.78 Å². The average molecular weight is 409 g/mol. The van der Waals surface area contributed by atoms with Gasteiger partial charge in [0, 0.05) is 19.3 Å². The summed E-state index contributed by atoms with van der Waals surface area (Å²) in [6, 6.07) is 11.3. The van der Waals surface area contributed by atoms with Crippen LogP contribution in [0, 0.1) is 5.92 Å². The van der Waals surface area contributed by atoms with Gasteiger partial charge in [0.25, 0.3) is 5.91 Å². The second-order valence-electron chi connectivity index (χ2n) is 7.34. The predicted molar refractivity (Wildman–Crippen MR) is 106 cm³/mol. The molecule has 3 N–H and O–H groups in total. The number of aromatic carboxylic acids is 1.